The van der Waals surface area contributed by atoms with E-state index < -0.39 is 150 Å². The summed E-state index contributed by atoms with van der Waals surface area (Å²) in [5, 5.41) is 53.7. The van der Waals surface area contributed by atoms with Crippen molar-refractivity contribution >= 4 is 76.4 Å². The topological polar surface area (TPSA) is 385 Å². The van der Waals surface area contributed by atoms with E-state index in [4.69, 9.17) is 38.9 Å². The molecule has 4 aliphatic heterocycles. The number of aliphatic hydroxyl groups is 2. The maximum atomic E-state index is 14.7. The van der Waals surface area contributed by atoms with Crippen LogP contribution in [-0.4, -0.2) is 189 Å². The molecule has 4 saturated heterocycles. The molecule has 0 saturated carbocycles. The molecule has 1 unspecified atom stereocenters. The second-order valence-electron chi connectivity index (χ2n) is 23.6. The largest absolute Gasteiger partial charge is 0.514 e. The lowest BCUT2D eigenvalue weighted by Crippen LogP contribution is -2.55. The number of ketones is 4. The number of carbonyl (C=O) groups excluding carboxylic acids is 10. The van der Waals surface area contributed by atoms with Crippen molar-refractivity contribution in [2.75, 3.05) is 51.5 Å². The van der Waals surface area contributed by atoms with Gasteiger partial charge in [-0.2, -0.15) is 11.8 Å². The van der Waals surface area contributed by atoms with E-state index in [-0.39, 0.29) is 109 Å². The highest BCUT2D eigenvalue weighted by Gasteiger charge is 2.55. The summed E-state index contributed by atoms with van der Waals surface area (Å²) in [7, 11) is 1.50. The molecular weight excluding hydrogens is 1200 g/mol. The minimum absolute atomic E-state index is 0.0986. The normalized spacial score (nSPS) is 25.1. The third kappa shape index (κ3) is 14.4. The van der Waals surface area contributed by atoms with E-state index in [0.29, 0.717) is 43.7 Å². The second kappa shape index (κ2) is 28.8. The van der Waals surface area contributed by atoms with E-state index >= 15 is 0 Å². The number of aliphatic hydroxyl groups excluding tert-OH is 1. The van der Waals surface area contributed by atoms with Crippen LogP contribution in [-0.2, 0) is 70.2 Å². The van der Waals surface area contributed by atoms with Gasteiger partial charge in [0, 0.05) is 99.6 Å². The van der Waals surface area contributed by atoms with Crippen LogP contribution in [0.2, 0.25) is 0 Å². The zero-order chi connectivity index (χ0) is 64.9. The zero-order valence-corrected chi connectivity index (χ0v) is 51.3. The number of nitrogens with one attached hydrogen (secondary N) is 3. The van der Waals surface area contributed by atoms with Gasteiger partial charge < -0.3 is 75.3 Å². The Bertz CT molecular complexity index is 3290. The molecule has 9 rings (SSSR count). The number of ether oxygens (including phenoxy) is 7. The van der Waals surface area contributed by atoms with E-state index in [1.807, 2.05) is 0 Å². The van der Waals surface area contributed by atoms with Crippen molar-refractivity contribution in [1.29, 1.82) is 0 Å². The van der Waals surface area contributed by atoms with E-state index in [1.54, 1.807) is 27.0 Å². The molecule has 28 heteroatoms. The van der Waals surface area contributed by atoms with E-state index in [9.17, 15) is 68.4 Å². The number of anilines is 1. The summed E-state index contributed by atoms with van der Waals surface area (Å²) < 4.78 is 41.3. The van der Waals surface area contributed by atoms with Crippen LogP contribution in [0.5, 0.6) is 17.2 Å². The average molecular weight is 1270 g/mol. The standard InChI is InChI=1S/C62H76N6O21S/c1-30(2)50(66-43(72)14-7-6-8-20-68-44(73)25-41(90-5)57(68)79)38(70)23-33(11-10-19-64-60(63)80)56(78)65-34-17-15-32(16-18-34)29-85-61(81)88-39-13-9-12-35-46(39)53(76)49-48(51(35)74)52(75)36-26-62(82,42(71)28-69)27-40(47(36)54(49)77)87-45-24-37-55(31(3)86-45)89-58-59(83-4)84-22-21-67(37)58/h9,12-13,15-18,30-31,33,37,40-41,45,50,55,58-59,69,75,77,82H,6-8,10-11,14,19-29H2,1-5H3,(H,65,78)(H,66,72)(H3,63,64,80)/t31-,33+,37-,40-,41?,45-,50-,55+,58+,59-,62-/m0/s1. The summed E-state index contributed by atoms with van der Waals surface area (Å²) in [6.07, 6.45) is -3.41. The van der Waals surface area contributed by atoms with Gasteiger partial charge in [-0.3, -0.25) is 48.2 Å². The molecule has 9 N–H and O–H groups in total. The molecule has 6 amide bonds. The molecule has 2 aliphatic carbocycles. The first kappa shape index (κ1) is 67.0. The van der Waals surface area contributed by atoms with Crippen molar-refractivity contribution in [1.82, 2.24) is 20.4 Å². The number of unbranched alkanes of at least 4 members (excludes halogenated alkanes) is 2. The van der Waals surface area contributed by atoms with Crippen molar-refractivity contribution in [2.24, 2.45) is 17.6 Å². The number of phenolic OH excluding ortho intramolecular Hbond substituents is 2. The van der Waals surface area contributed by atoms with Gasteiger partial charge in [-0.05, 0) is 68.5 Å². The molecular formula is C62H76N6O21S. The Morgan fingerprint density at radius 1 is 0.933 bits per heavy atom. The number of carbonyl (C=O) groups is 10. The Labute approximate surface area is 522 Å². The van der Waals surface area contributed by atoms with Gasteiger partial charge in [0.2, 0.25) is 29.4 Å². The number of hydrogen-bond donors (Lipinski definition) is 8. The molecule has 90 heavy (non-hydrogen) atoms. The van der Waals surface area contributed by atoms with Gasteiger partial charge in [0.15, 0.2) is 36.2 Å². The predicted molar refractivity (Wildman–Crippen MR) is 317 cm³/mol. The van der Waals surface area contributed by atoms with Crippen LogP contribution < -0.4 is 26.4 Å². The van der Waals surface area contributed by atoms with Crippen LogP contribution in [0, 0.1) is 11.8 Å². The Morgan fingerprint density at radius 3 is 2.37 bits per heavy atom. The van der Waals surface area contributed by atoms with Crippen LogP contribution in [0.15, 0.2) is 42.5 Å². The number of benzene rings is 3. The lowest BCUT2D eigenvalue weighted by atomic mass is 9.72. The number of hydrogen-bond acceptors (Lipinski definition) is 23. The van der Waals surface area contributed by atoms with Gasteiger partial charge in [0.25, 0.3) is 0 Å². The average Bonchev–Trinajstić information content (AvgIpc) is 0.886. The Hall–Kier alpha value is -7.41. The van der Waals surface area contributed by atoms with E-state index in [1.165, 1.54) is 66.2 Å². The summed E-state index contributed by atoms with van der Waals surface area (Å²) in [6, 6.07) is 7.90. The number of nitrogens with zero attached hydrogens (tertiary/aromatic N) is 2. The number of primary amides is 1. The predicted octanol–water partition coefficient (Wildman–Crippen LogP) is 3.57. The quantitative estimate of drug-likeness (QED) is 0.0146. The molecule has 4 fully saturated rings. The van der Waals surface area contributed by atoms with Crippen molar-refractivity contribution in [3.05, 3.63) is 81.4 Å². The first-order chi connectivity index (χ1) is 43.0. The third-order valence-electron chi connectivity index (χ3n) is 17.3. The zero-order valence-electron chi connectivity index (χ0n) is 50.5. The maximum absolute atomic E-state index is 14.7. The monoisotopic (exact) mass is 1270 g/mol. The molecule has 0 spiro atoms. The molecule has 6 aliphatic rings. The van der Waals surface area contributed by atoms with E-state index in [2.05, 4.69) is 20.9 Å². The number of urea groups is 1. The number of likely N-dealkylation sites (tertiary alicyclic amines) is 1. The first-order valence-electron chi connectivity index (χ1n) is 30.0. The fourth-order valence-corrected chi connectivity index (χ4v) is 13.4. The number of aromatic hydroxyl groups is 2. The van der Waals surface area contributed by atoms with Crippen LogP contribution in [0.25, 0.3) is 0 Å². The molecule has 27 nitrogen and oxygen atoms in total. The van der Waals surface area contributed by atoms with Crippen LogP contribution in [0.1, 0.15) is 140 Å². The fourth-order valence-electron chi connectivity index (χ4n) is 12.7. The number of rotatable bonds is 26. The summed E-state index contributed by atoms with van der Waals surface area (Å²) in [5.41, 5.74) is 0.966. The number of methoxy groups -OCH3 is 1. The highest BCUT2D eigenvalue weighted by Crippen LogP contribution is 2.53. The second-order valence-corrected chi connectivity index (χ2v) is 24.7. The van der Waals surface area contributed by atoms with Gasteiger partial charge in [-0.25, -0.2) is 9.59 Å². The van der Waals surface area contributed by atoms with Crippen LogP contribution >= 0.6 is 11.8 Å². The lowest BCUT2D eigenvalue weighted by Gasteiger charge is -2.43. The van der Waals surface area contributed by atoms with Crippen LogP contribution in [0.4, 0.5) is 15.3 Å². The Balaban J connectivity index is 0.833. The number of nitrogens with two attached hydrogens (primary N) is 1. The van der Waals surface area contributed by atoms with Gasteiger partial charge in [-0.1, -0.05) is 44.5 Å². The summed E-state index contributed by atoms with van der Waals surface area (Å²) in [5.74, 6) is -8.08. The molecule has 486 valence electrons. The summed E-state index contributed by atoms with van der Waals surface area (Å²) in [6.45, 7) is 5.05. The highest BCUT2D eigenvalue weighted by atomic mass is 32.2. The number of amides is 6. The van der Waals surface area contributed by atoms with Gasteiger partial charge in [0.1, 0.15) is 42.2 Å². The first-order valence-corrected chi connectivity index (χ1v) is 31.3. The smallest absolute Gasteiger partial charge is 0.507 e. The molecule has 11 atom stereocenters. The van der Waals surface area contributed by atoms with Crippen molar-refractivity contribution in [3.8, 4) is 17.2 Å². The minimum Gasteiger partial charge on any atom is -0.507 e. The third-order valence-corrected chi connectivity index (χ3v) is 18.3. The number of imide groups is 1. The molecule has 0 aromatic heterocycles. The van der Waals surface area contributed by atoms with Gasteiger partial charge >= 0.3 is 12.2 Å². The van der Waals surface area contributed by atoms with Crippen molar-refractivity contribution < 1.29 is 102 Å². The lowest BCUT2D eigenvalue weighted by molar-refractivity contribution is -0.256. The highest BCUT2D eigenvalue weighted by molar-refractivity contribution is 8.00. The van der Waals surface area contributed by atoms with E-state index in [0.717, 1.165) is 0 Å². The van der Waals surface area contributed by atoms with Gasteiger partial charge in [-0.15, -0.1) is 0 Å². The fraction of sp³-hybridized carbons (Fsp3) is 0.548. The summed E-state index contributed by atoms with van der Waals surface area (Å²) in [4.78, 5) is 136. The number of thioether (sulfide) groups is 1. The minimum atomic E-state index is -2.38. The number of fused-ring (bicyclic) bond motifs is 6. The van der Waals surface area contributed by atoms with Crippen LogP contribution in [0.3, 0.4) is 0 Å². The molecule has 0 bridgehead atoms. The maximum Gasteiger partial charge on any atom is 0.514 e. The molecule has 4 heterocycles. The number of morpholine rings is 1. The molecule has 3 aromatic rings. The summed E-state index contributed by atoms with van der Waals surface area (Å²) >= 11 is 1.34. The van der Waals surface area contributed by atoms with Crippen molar-refractivity contribution in [3.63, 3.8) is 0 Å². The van der Waals surface area contributed by atoms with Crippen molar-refractivity contribution in [2.45, 2.75) is 158 Å². The molecule has 3 aromatic carbocycles. The number of Topliss-reactive ketones (excluding diaryl/α,β-unsaturated/α-hetero) is 2. The Morgan fingerprint density at radius 2 is 1.68 bits per heavy atom. The molecule has 0 radical (unpaired) electrons. The number of phenols is 2. The van der Waals surface area contributed by atoms with Gasteiger partial charge in [0.05, 0.1) is 46.8 Å². The SMILES string of the molecule is CO[C@H]1OCCN2[C@@H]1O[C@@H]1[C@H](C)O[C@@H](O[C@H]3C[C@](O)(C(=O)CO)Cc4c(O)c5c(c(O)c43)C(=O)c3c(OC(=O)OCc4ccc(NC(=O)[C@H](CCCNC(N)=O)CC(=O)[C@@H](NC(=O)CCCCCN6C(=O)CC(SC)C6=O)C(C)C)cc4)cccc3C5=O)C[C@@H]12. The Kier molecular flexibility index (Phi) is 21.5.